The second-order valence-corrected chi connectivity index (χ2v) is 4.08. The fourth-order valence-electron chi connectivity index (χ4n) is 1.62. The molecule has 0 spiro atoms. The van der Waals surface area contributed by atoms with Crippen LogP contribution in [0.15, 0.2) is 53.5 Å². The Morgan fingerprint density at radius 3 is 2.45 bits per heavy atom. The molecule has 102 valence electrons. The summed E-state index contributed by atoms with van der Waals surface area (Å²) >= 11 is 0. The zero-order chi connectivity index (χ0) is 14.4. The zero-order valence-corrected chi connectivity index (χ0v) is 10.6. The van der Waals surface area contributed by atoms with Crippen LogP contribution in [0.5, 0.6) is 0 Å². The molecule has 3 N–H and O–H groups in total. The fourth-order valence-corrected chi connectivity index (χ4v) is 1.62. The average molecular weight is 271 g/mol. The number of carbonyl (C=O) groups is 2. The van der Waals surface area contributed by atoms with Crippen LogP contribution in [0.2, 0.25) is 0 Å². The molecule has 0 fully saturated rings. The molecule has 2 rings (SSSR count). The monoisotopic (exact) mass is 271 g/mol. The van der Waals surface area contributed by atoms with Gasteiger partial charge in [-0.2, -0.15) is 0 Å². The van der Waals surface area contributed by atoms with Crippen molar-refractivity contribution in [2.45, 2.75) is 6.42 Å². The summed E-state index contributed by atoms with van der Waals surface area (Å²) in [6.45, 7) is 0. The molecule has 1 aromatic carbocycles. The summed E-state index contributed by atoms with van der Waals surface area (Å²) in [5.74, 6) is -1.02. The Bertz CT molecular complexity index is 665. The van der Waals surface area contributed by atoms with Crippen LogP contribution >= 0.6 is 0 Å². The summed E-state index contributed by atoms with van der Waals surface area (Å²) in [7, 11) is 0. The second kappa shape index (κ2) is 6.33. The summed E-state index contributed by atoms with van der Waals surface area (Å²) in [4.78, 5) is 37.0. The summed E-state index contributed by atoms with van der Waals surface area (Å²) in [5.41, 5.74) is 4.72. The first-order valence-corrected chi connectivity index (χ1v) is 5.97. The highest BCUT2D eigenvalue weighted by molar-refractivity contribution is 5.95. The van der Waals surface area contributed by atoms with Gasteiger partial charge in [0.2, 0.25) is 5.91 Å². The number of aromatic nitrogens is 1. The number of hydrogen-bond acceptors (Lipinski definition) is 3. The molecule has 0 bridgehead atoms. The fraction of sp³-hybridized carbons (Fsp3) is 0.0714. The van der Waals surface area contributed by atoms with Crippen molar-refractivity contribution in [3.05, 3.63) is 70.1 Å². The number of pyridine rings is 1. The number of H-pyrrole nitrogens is 1. The number of aromatic amines is 1. The number of hydrazine groups is 1. The van der Waals surface area contributed by atoms with Crippen LogP contribution in [-0.4, -0.2) is 16.8 Å². The Labute approximate surface area is 114 Å². The van der Waals surface area contributed by atoms with Gasteiger partial charge in [0.25, 0.3) is 11.5 Å². The van der Waals surface area contributed by atoms with Crippen LogP contribution in [0.1, 0.15) is 15.9 Å². The first-order chi connectivity index (χ1) is 9.66. The number of hydrogen-bond donors (Lipinski definition) is 3. The Morgan fingerprint density at radius 2 is 1.75 bits per heavy atom. The van der Waals surface area contributed by atoms with Gasteiger partial charge in [-0.25, -0.2) is 0 Å². The highest BCUT2D eigenvalue weighted by Crippen LogP contribution is 1.98. The van der Waals surface area contributed by atoms with E-state index < -0.39 is 11.5 Å². The molecule has 0 saturated carbocycles. The molecule has 2 amide bonds. The van der Waals surface area contributed by atoms with Crippen LogP contribution in [0, 0.1) is 0 Å². The Balaban J connectivity index is 1.89. The van der Waals surface area contributed by atoms with Crippen LogP contribution < -0.4 is 16.4 Å². The number of carbonyl (C=O) groups excluding carboxylic acids is 2. The van der Waals surface area contributed by atoms with Gasteiger partial charge >= 0.3 is 0 Å². The highest BCUT2D eigenvalue weighted by Gasteiger charge is 2.10. The summed E-state index contributed by atoms with van der Waals surface area (Å²) in [6, 6.07) is 12.0. The number of benzene rings is 1. The zero-order valence-electron chi connectivity index (χ0n) is 10.6. The van der Waals surface area contributed by atoms with Crippen LogP contribution in [-0.2, 0) is 11.2 Å². The topological polar surface area (TPSA) is 91.1 Å². The summed E-state index contributed by atoms with van der Waals surface area (Å²) in [6.07, 6.45) is 1.57. The van der Waals surface area contributed by atoms with Crippen LogP contribution in [0.3, 0.4) is 0 Å². The molecule has 1 heterocycles. The van der Waals surface area contributed by atoms with Gasteiger partial charge in [-0.05, 0) is 17.7 Å². The SMILES string of the molecule is O=C(Cc1ccccc1)NNC(=O)c1ccc[nH]c1=O. The minimum atomic E-state index is -0.659. The molecule has 0 aliphatic rings. The smallest absolute Gasteiger partial charge is 0.275 e. The lowest BCUT2D eigenvalue weighted by molar-refractivity contribution is -0.121. The Morgan fingerprint density at radius 1 is 1.00 bits per heavy atom. The molecule has 0 radical (unpaired) electrons. The third kappa shape index (κ3) is 3.55. The molecule has 1 aromatic heterocycles. The molecular formula is C14H13N3O3. The van der Waals surface area contributed by atoms with Gasteiger partial charge in [-0.3, -0.25) is 25.2 Å². The highest BCUT2D eigenvalue weighted by atomic mass is 16.2. The normalized spacial score (nSPS) is 9.80. The second-order valence-electron chi connectivity index (χ2n) is 4.08. The molecular weight excluding hydrogens is 258 g/mol. The predicted octanol–water partition coefficient (Wildman–Crippen LogP) is 0.379. The Hall–Kier alpha value is -2.89. The van der Waals surface area contributed by atoms with Gasteiger partial charge in [0.05, 0.1) is 6.42 Å². The molecule has 0 aliphatic heterocycles. The quantitative estimate of drug-likeness (QED) is 0.705. The van der Waals surface area contributed by atoms with Crippen molar-refractivity contribution >= 4 is 11.8 Å². The number of rotatable bonds is 3. The summed E-state index contributed by atoms with van der Waals surface area (Å²) < 4.78 is 0. The van der Waals surface area contributed by atoms with Crippen molar-refractivity contribution in [3.8, 4) is 0 Å². The van der Waals surface area contributed by atoms with E-state index in [2.05, 4.69) is 15.8 Å². The lowest BCUT2D eigenvalue weighted by atomic mass is 10.1. The number of amides is 2. The molecule has 0 atom stereocenters. The summed E-state index contributed by atoms with van der Waals surface area (Å²) in [5, 5.41) is 0. The molecule has 6 heteroatoms. The van der Waals surface area contributed by atoms with Gasteiger partial charge in [-0.1, -0.05) is 30.3 Å². The van der Waals surface area contributed by atoms with Gasteiger partial charge in [-0.15, -0.1) is 0 Å². The van der Waals surface area contributed by atoms with E-state index in [9.17, 15) is 14.4 Å². The lowest BCUT2D eigenvalue weighted by Gasteiger charge is -2.06. The van der Waals surface area contributed by atoms with Crippen LogP contribution in [0.25, 0.3) is 0 Å². The van der Waals surface area contributed by atoms with Gasteiger partial charge in [0, 0.05) is 6.20 Å². The van der Waals surface area contributed by atoms with E-state index in [1.807, 2.05) is 30.3 Å². The minimum absolute atomic E-state index is 0.0625. The van der Waals surface area contributed by atoms with Crippen molar-refractivity contribution in [1.82, 2.24) is 15.8 Å². The molecule has 0 unspecified atom stereocenters. The Kier molecular flexibility index (Phi) is 4.28. The van der Waals surface area contributed by atoms with E-state index in [0.717, 1.165) is 5.56 Å². The number of nitrogens with one attached hydrogen (secondary N) is 3. The first kappa shape index (κ1) is 13.5. The standard InChI is InChI=1S/C14H13N3O3/c18-12(9-10-5-2-1-3-6-10)16-17-14(20)11-7-4-8-15-13(11)19/h1-8H,9H2,(H,15,19)(H,16,18)(H,17,20). The third-order valence-corrected chi connectivity index (χ3v) is 2.59. The van der Waals surface area contributed by atoms with E-state index >= 15 is 0 Å². The molecule has 2 aromatic rings. The molecule has 6 nitrogen and oxygen atoms in total. The minimum Gasteiger partial charge on any atom is -0.328 e. The first-order valence-electron chi connectivity index (χ1n) is 5.97. The van der Waals surface area contributed by atoms with Crippen molar-refractivity contribution in [1.29, 1.82) is 0 Å². The average Bonchev–Trinajstić information content (AvgIpc) is 2.46. The van der Waals surface area contributed by atoms with E-state index in [-0.39, 0.29) is 17.9 Å². The van der Waals surface area contributed by atoms with Crippen LogP contribution in [0.4, 0.5) is 0 Å². The van der Waals surface area contributed by atoms with E-state index in [1.54, 1.807) is 0 Å². The predicted molar refractivity (Wildman–Crippen MR) is 72.8 cm³/mol. The van der Waals surface area contributed by atoms with Crippen molar-refractivity contribution in [2.24, 2.45) is 0 Å². The largest absolute Gasteiger partial charge is 0.328 e. The van der Waals surface area contributed by atoms with Crippen molar-refractivity contribution in [2.75, 3.05) is 0 Å². The van der Waals surface area contributed by atoms with Gasteiger partial charge in [0.1, 0.15) is 5.56 Å². The molecule has 0 saturated heterocycles. The maximum absolute atomic E-state index is 11.7. The van der Waals surface area contributed by atoms with E-state index in [1.165, 1.54) is 18.3 Å². The van der Waals surface area contributed by atoms with Crippen molar-refractivity contribution in [3.63, 3.8) is 0 Å². The van der Waals surface area contributed by atoms with Gasteiger partial charge in [0.15, 0.2) is 0 Å². The van der Waals surface area contributed by atoms with E-state index in [4.69, 9.17) is 0 Å². The maximum Gasteiger partial charge on any atom is 0.275 e. The third-order valence-electron chi connectivity index (χ3n) is 2.59. The lowest BCUT2D eigenvalue weighted by Crippen LogP contribution is -2.43. The van der Waals surface area contributed by atoms with Crippen molar-refractivity contribution < 1.29 is 9.59 Å². The van der Waals surface area contributed by atoms with E-state index in [0.29, 0.717) is 0 Å². The maximum atomic E-state index is 11.7. The van der Waals surface area contributed by atoms with Gasteiger partial charge < -0.3 is 4.98 Å². The molecule has 20 heavy (non-hydrogen) atoms. The molecule has 0 aliphatic carbocycles.